The number of rotatable bonds is 4. The normalized spacial score (nSPS) is 29.2. The molecule has 2 bridgehead atoms. The summed E-state index contributed by atoms with van der Waals surface area (Å²) in [5.41, 5.74) is 2.32. The highest BCUT2D eigenvalue weighted by Gasteiger charge is 2.67. The van der Waals surface area contributed by atoms with E-state index in [1.165, 1.54) is 4.90 Å². The minimum absolute atomic E-state index is 0.0613. The van der Waals surface area contributed by atoms with E-state index < -0.39 is 5.41 Å². The van der Waals surface area contributed by atoms with Crippen LogP contribution in [0.5, 0.6) is 11.5 Å². The van der Waals surface area contributed by atoms with Crippen molar-refractivity contribution in [1.29, 1.82) is 0 Å². The molecule has 4 nitrogen and oxygen atoms in total. The number of hydrogen-bond donors (Lipinski definition) is 0. The molecule has 0 spiro atoms. The smallest absolute Gasteiger partial charge is 0.241 e. The van der Waals surface area contributed by atoms with Gasteiger partial charge in [0, 0.05) is 0 Å². The van der Waals surface area contributed by atoms with Crippen molar-refractivity contribution in [2.24, 2.45) is 23.2 Å². The average molecular weight is 402 g/mol. The number of nitrogens with zero attached hydrogens (tertiary/aromatic N) is 1. The molecule has 2 amide bonds. The topological polar surface area (TPSA) is 46.6 Å². The minimum Gasteiger partial charge on any atom is -0.457 e. The second-order valence-corrected chi connectivity index (χ2v) is 9.42. The summed E-state index contributed by atoms with van der Waals surface area (Å²) in [7, 11) is 0. The summed E-state index contributed by atoms with van der Waals surface area (Å²) in [6.45, 7) is 8.30. The summed E-state index contributed by atoms with van der Waals surface area (Å²) in [6, 6.07) is 13.5. The van der Waals surface area contributed by atoms with Crippen LogP contribution in [0.3, 0.4) is 0 Å². The van der Waals surface area contributed by atoms with E-state index in [0.29, 0.717) is 17.4 Å². The number of allylic oxidation sites excluding steroid dienone is 2. The lowest BCUT2D eigenvalue weighted by Crippen LogP contribution is -2.37. The number of ether oxygens (including phenoxy) is 1. The number of aryl methyl sites for hydroxylation is 1. The largest absolute Gasteiger partial charge is 0.457 e. The molecule has 1 heterocycles. The second-order valence-electron chi connectivity index (χ2n) is 9.42. The molecule has 5 rings (SSSR count). The fraction of sp³-hybridized carbons (Fsp3) is 0.385. The maximum absolute atomic E-state index is 13.3. The lowest BCUT2D eigenvalue weighted by molar-refractivity contribution is -0.127. The van der Waals surface area contributed by atoms with Crippen LogP contribution in [0.2, 0.25) is 0 Å². The van der Waals surface area contributed by atoms with Crippen molar-refractivity contribution < 1.29 is 14.3 Å². The van der Waals surface area contributed by atoms with Gasteiger partial charge in [0.2, 0.25) is 11.8 Å². The van der Waals surface area contributed by atoms with Gasteiger partial charge in [-0.2, -0.15) is 0 Å². The first-order valence-electron chi connectivity index (χ1n) is 10.8. The third kappa shape index (κ3) is 2.59. The molecule has 154 valence electrons. The van der Waals surface area contributed by atoms with E-state index in [1.54, 1.807) is 0 Å². The first-order valence-corrected chi connectivity index (χ1v) is 10.8. The molecular weight excluding hydrogens is 374 g/mol. The SMILES string of the molecule is Cc1ccc(C(C)C)c(Oc2ccc(N3C(=O)[C@@H]4[C@@H]5C=C[C@@H](C5)[C@]4(C)C3=O)cc2)c1. The summed E-state index contributed by atoms with van der Waals surface area (Å²) in [5.74, 6) is 1.90. The van der Waals surface area contributed by atoms with Crippen LogP contribution in [0.25, 0.3) is 0 Å². The highest BCUT2D eigenvalue weighted by atomic mass is 16.5. The molecule has 0 aromatic heterocycles. The Kier molecular flexibility index (Phi) is 4.18. The second kappa shape index (κ2) is 6.56. The molecule has 3 aliphatic rings. The number of amides is 2. The molecule has 2 fully saturated rings. The Morgan fingerprint density at radius 2 is 1.80 bits per heavy atom. The Morgan fingerprint density at radius 3 is 2.47 bits per heavy atom. The summed E-state index contributed by atoms with van der Waals surface area (Å²) in [6.07, 6.45) is 5.17. The molecule has 0 N–H and O–H groups in total. The van der Waals surface area contributed by atoms with E-state index >= 15 is 0 Å². The highest BCUT2D eigenvalue weighted by molar-refractivity contribution is 6.24. The predicted octanol–water partition coefficient (Wildman–Crippen LogP) is 5.61. The lowest BCUT2D eigenvalue weighted by Gasteiger charge is -2.28. The Labute approximate surface area is 177 Å². The molecule has 4 heteroatoms. The third-order valence-corrected chi connectivity index (χ3v) is 7.23. The van der Waals surface area contributed by atoms with Gasteiger partial charge in [-0.15, -0.1) is 0 Å². The van der Waals surface area contributed by atoms with E-state index in [9.17, 15) is 9.59 Å². The van der Waals surface area contributed by atoms with E-state index in [1.807, 2.05) is 44.2 Å². The van der Waals surface area contributed by atoms with Crippen molar-refractivity contribution in [3.05, 3.63) is 65.7 Å². The maximum Gasteiger partial charge on any atom is 0.241 e. The third-order valence-electron chi connectivity index (χ3n) is 7.23. The van der Waals surface area contributed by atoms with Crippen LogP contribution >= 0.6 is 0 Å². The average Bonchev–Trinajstić information content (AvgIpc) is 3.34. The fourth-order valence-electron chi connectivity index (χ4n) is 5.55. The van der Waals surface area contributed by atoms with Gasteiger partial charge in [0.05, 0.1) is 17.0 Å². The number of fused-ring (bicyclic) bond motifs is 5. The van der Waals surface area contributed by atoms with Crippen LogP contribution in [0.1, 0.15) is 44.2 Å². The van der Waals surface area contributed by atoms with E-state index in [0.717, 1.165) is 23.3 Å². The molecular formula is C26H27NO3. The van der Waals surface area contributed by atoms with Crippen molar-refractivity contribution in [1.82, 2.24) is 0 Å². The van der Waals surface area contributed by atoms with Crippen molar-refractivity contribution in [2.75, 3.05) is 4.90 Å². The lowest BCUT2D eigenvalue weighted by atomic mass is 9.71. The van der Waals surface area contributed by atoms with Gasteiger partial charge in [-0.25, -0.2) is 4.90 Å². The Balaban J connectivity index is 1.41. The zero-order valence-corrected chi connectivity index (χ0v) is 17.9. The Bertz CT molecular complexity index is 1070. The van der Waals surface area contributed by atoms with Crippen LogP contribution in [0.15, 0.2) is 54.6 Å². The molecule has 2 aromatic rings. The summed E-state index contributed by atoms with van der Waals surface area (Å²) < 4.78 is 6.16. The molecule has 1 saturated carbocycles. The number of carbonyl (C=O) groups excluding carboxylic acids is 2. The highest BCUT2D eigenvalue weighted by Crippen LogP contribution is 2.60. The van der Waals surface area contributed by atoms with Gasteiger partial charge in [-0.1, -0.05) is 38.1 Å². The molecule has 2 aromatic carbocycles. The first-order chi connectivity index (χ1) is 14.3. The van der Waals surface area contributed by atoms with Crippen molar-refractivity contribution in [3.63, 3.8) is 0 Å². The molecule has 1 saturated heterocycles. The van der Waals surface area contributed by atoms with Gasteiger partial charge in [0.15, 0.2) is 0 Å². The van der Waals surface area contributed by atoms with Crippen LogP contribution in [-0.4, -0.2) is 11.8 Å². The maximum atomic E-state index is 13.3. The molecule has 30 heavy (non-hydrogen) atoms. The monoisotopic (exact) mass is 401 g/mol. The van der Waals surface area contributed by atoms with Gasteiger partial charge < -0.3 is 4.74 Å². The van der Waals surface area contributed by atoms with Gasteiger partial charge in [0.1, 0.15) is 11.5 Å². The summed E-state index contributed by atoms with van der Waals surface area (Å²) >= 11 is 0. The predicted molar refractivity (Wildman–Crippen MR) is 117 cm³/mol. The first kappa shape index (κ1) is 19.1. The number of benzene rings is 2. The summed E-state index contributed by atoms with van der Waals surface area (Å²) in [4.78, 5) is 27.8. The molecule has 2 aliphatic carbocycles. The standard InChI is InChI=1S/C26H27NO3/c1-15(2)21-12-5-16(3)13-22(21)30-20-10-8-19(9-11-20)27-24(28)23-17-6-7-18(14-17)26(23,4)25(27)29/h5-13,15,17-18,23H,14H2,1-4H3/t17-,18+,23+,26+/m1/s1. The molecule has 0 radical (unpaired) electrons. The fourth-order valence-corrected chi connectivity index (χ4v) is 5.55. The zero-order chi connectivity index (χ0) is 21.2. The van der Waals surface area contributed by atoms with Crippen LogP contribution in [0.4, 0.5) is 5.69 Å². The van der Waals surface area contributed by atoms with Crippen LogP contribution < -0.4 is 9.64 Å². The van der Waals surface area contributed by atoms with E-state index in [4.69, 9.17) is 4.74 Å². The Hall–Kier alpha value is -2.88. The van der Waals surface area contributed by atoms with Crippen molar-refractivity contribution in [2.45, 2.75) is 40.0 Å². The molecule has 1 aliphatic heterocycles. The van der Waals surface area contributed by atoms with Crippen molar-refractivity contribution >= 4 is 17.5 Å². The van der Waals surface area contributed by atoms with Gasteiger partial charge in [-0.05, 0) is 79.5 Å². The van der Waals surface area contributed by atoms with E-state index in [2.05, 4.69) is 38.1 Å². The number of anilines is 1. The Morgan fingerprint density at radius 1 is 1.07 bits per heavy atom. The van der Waals surface area contributed by atoms with E-state index in [-0.39, 0.29) is 29.6 Å². The minimum atomic E-state index is -0.598. The number of hydrogen-bond acceptors (Lipinski definition) is 3. The number of imide groups is 1. The number of carbonyl (C=O) groups is 2. The molecule has 4 atom stereocenters. The molecule has 0 unspecified atom stereocenters. The summed E-state index contributed by atoms with van der Waals surface area (Å²) in [5, 5.41) is 0. The van der Waals surface area contributed by atoms with Gasteiger partial charge >= 0.3 is 0 Å². The van der Waals surface area contributed by atoms with Crippen LogP contribution in [0, 0.1) is 30.1 Å². The van der Waals surface area contributed by atoms with Gasteiger partial charge in [-0.3, -0.25) is 9.59 Å². The quantitative estimate of drug-likeness (QED) is 0.494. The van der Waals surface area contributed by atoms with Crippen LogP contribution in [-0.2, 0) is 9.59 Å². The van der Waals surface area contributed by atoms with Crippen molar-refractivity contribution in [3.8, 4) is 11.5 Å². The van der Waals surface area contributed by atoms with Gasteiger partial charge in [0.25, 0.3) is 0 Å². The zero-order valence-electron chi connectivity index (χ0n) is 17.9.